The molecule has 0 fully saturated rings. The molecule has 4 N–H and O–H groups in total. The second-order valence-electron chi connectivity index (χ2n) is 4.34. The lowest BCUT2D eigenvalue weighted by atomic mass is 10.2. The van der Waals surface area contributed by atoms with E-state index in [2.05, 4.69) is 0 Å². The topological polar surface area (TPSA) is 136 Å². The molecule has 9 heteroatoms. The highest BCUT2D eigenvalue weighted by Crippen LogP contribution is 2.24. The Morgan fingerprint density at radius 2 is 2.05 bits per heavy atom. The van der Waals surface area contributed by atoms with Gasteiger partial charge in [-0.2, -0.15) is 4.72 Å². The first-order valence-electron chi connectivity index (χ1n) is 5.85. The minimum Gasteiger partial charge on any atom is -0.495 e. The van der Waals surface area contributed by atoms with Gasteiger partial charge in [-0.15, -0.1) is 0 Å². The lowest BCUT2D eigenvalue weighted by Crippen LogP contribution is -2.43. The number of nitrogens with one attached hydrogen (secondary N) is 1. The molecule has 0 saturated carbocycles. The van der Waals surface area contributed by atoms with Gasteiger partial charge in [0.15, 0.2) is 0 Å². The molecule has 1 atom stereocenters. The largest absolute Gasteiger partial charge is 0.495 e. The van der Waals surface area contributed by atoms with Crippen LogP contribution in [0.15, 0.2) is 23.1 Å². The fourth-order valence-corrected chi connectivity index (χ4v) is 3.07. The van der Waals surface area contributed by atoms with E-state index >= 15 is 0 Å². The van der Waals surface area contributed by atoms with E-state index < -0.39 is 34.4 Å². The minimum absolute atomic E-state index is 0.0660. The van der Waals surface area contributed by atoms with Crippen LogP contribution in [0.3, 0.4) is 0 Å². The van der Waals surface area contributed by atoms with E-state index in [0.29, 0.717) is 5.56 Å². The second-order valence-corrected chi connectivity index (χ2v) is 6.02. The van der Waals surface area contributed by atoms with Gasteiger partial charge < -0.3 is 15.6 Å². The Balaban J connectivity index is 3.18. The number of carbonyl (C=O) groups excluding carboxylic acids is 1. The molecule has 0 heterocycles. The van der Waals surface area contributed by atoms with Gasteiger partial charge >= 0.3 is 5.97 Å². The van der Waals surface area contributed by atoms with E-state index in [1.807, 2.05) is 4.72 Å². The second kappa shape index (κ2) is 6.55. The number of carboxylic acids is 1. The summed E-state index contributed by atoms with van der Waals surface area (Å²) in [5.74, 6) is -2.36. The molecule has 0 radical (unpaired) electrons. The number of carbonyl (C=O) groups is 2. The average Bonchev–Trinajstić information content (AvgIpc) is 2.37. The minimum atomic E-state index is -4.18. The van der Waals surface area contributed by atoms with Gasteiger partial charge in [0, 0.05) is 0 Å². The van der Waals surface area contributed by atoms with Crippen molar-refractivity contribution < 1.29 is 27.9 Å². The maximum Gasteiger partial charge on any atom is 0.322 e. The molecule has 0 aromatic heterocycles. The highest BCUT2D eigenvalue weighted by molar-refractivity contribution is 7.89. The van der Waals surface area contributed by atoms with Crippen LogP contribution < -0.4 is 15.2 Å². The third-order valence-corrected chi connectivity index (χ3v) is 4.10. The Hall–Kier alpha value is -2.13. The van der Waals surface area contributed by atoms with E-state index in [-0.39, 0.29) is 10.6 Å². The molecule has 0 saturated heterocycles. The third kappa shape index (κ3) is 4.43. The van der Waals surface area contributed by atoms with Gasteiger partial charge in [-0.05, 0) is 24.6 Å². The summed E-state index contributed by atoms with van der Waals surface area (Å²) in [6.07, 6.45) is -0.650. The Kier molecular flexibility index (Phi) is 5.28. The van der Waals surface area contributed by atoms with Crippen molar-refractivity contribution in [2.75, 3.05) is 7.11 Å². The zero-order chi connectivity index (χ0) is 16.2. The zero-order valence-electron chi connectivity index (χ0n) is 11.5. The molecule has 0 bridgehead atoms. The van der Waals surface area contributed by atoms with Gasteiger partial charge in [0.2, 0.25) is 15.9 Å². The number of aliphatic carboxylic acids is 1. The fraction of sp³-hybridized carbons (Fsp3) is 0.333. The summed E-state index contributed by atoms with van der Waals surface area (Å²) in [6.45, 7) is 1.68. The number of benzene rings is 1. The first kappa shape index (κ1) is 16.9. The lowest BCUT2D eigenvalue weighted by molar-refractivity contribution is -0.140. The van der Waals surface area contributed by atoms with Crippen molar-refractivity contribution in [3.8, 4) is 5.75 Å². The Bertz CT molecular complexity index is 656. The SMILES string of the molecule is COc1ccc(C)cc1S(=O)(=O)N[C@@H](CC(N)=O)C(=O)O. The summed E-state index contributed by atoms with van der Waals surface area (Å²) < 4.78 is 31.4. The molecule has 1 amide bonds. The van der Waals surface area contributed by atoms with E-state index in [1.165, 1.54) is 19.2 Å². The lowest BCUT2D eigenvalue weighted by Gasteiger charge is -2.15. The van der Waals surface area contributed by atoms with Crippen LogP contribution in [0.5, 0.6) is 5.75 Å². The molecule has 21 heavy (non-hydrogen) atoms. The Morgan fingerprint density at radius 1 is 1.43 bits per heavy atom. The van der Waals surface area contributed by atoms with Crippen molar-refractivity contribution in [3.05, 3.63) is 23.8 Å². The van der Waals surface area contributed by atoms with Crippen LogP contribution in [0.1, 0.15) is 12.0 Å². The van der Waals surface area contributed by atoms with Crippen LogP contribution >= 0.6 is 0 Å². The molecule has 8 nitrogen and oxygen atoms in total. The van der Waals surface area contributed by atoms with Gasteiger partial charge in [0.05, 0.1) is 13.5 Å². The predicted octanol–water partition coefficient (Wildman–Crippen LogP) is -0.389. The molecule has 0 aliphatic rings. The van der Waals surface area contributed by atoms with Crippen molar-refractivity contribution >= 4 is 21.9 Å². The number of primary amides is 1. The third-order valence-electron chi connectivity index (χ3n) is 2.61. The molecule has 0 spiro atoms. The van der Waals surface area contributed by atoms with Gasteiger partial charge in [0.1, 0.15) is 16.7 Å². The highest BCUT2D eigenvalue weighted by Gasteiger charge is 2.28. The van der Waals surface area contributed by atoms with E-state index in [0.717, 1.165) is 0 Å². The molecule has 0 aliphatic heterocycles. The summed E-state index contributed by atoms with van der Waals surface area (Å²) in [7, 11) is -2.89. The number of hydrogen-bond acceptors (Lipinski definition) is 5. The summed E-state index contributed by atoms with van der Waals surface area (Å²) >= 11 is 0. The molecule has 0 aliphatic carbocycles. The van der Waals surface area contributed by atoms with Crippen LogP contribution in [0.4, 0.5) is 0 Å². The van der Waals surface area contributed by atoms with Crippen LogP contribution in [-0.4, -0.2) is 38.6 Å². The van der Waals surface area contributed by atoms with Crippen LogP contribution in [-0.2, 0) is 19.6 Å². The summed E-state index contributed by atoms with van der Waals surface area (Å²) in [5, 5.41) is 8.95. The normalized spacial score (nSPS) is 12.7. The predicted molar refractivity (Wildman–Crippen MR) is 73.3 cm³/mol. The maximum atomic E-state index is 12.3. The smallest absolute Gasteiger partial charge is 0.322 e. The van der Waals surface area contributed by atoms with E-state index in [4.69, 9.17) is 15.6 Å². The fourth-order valence-electron chi connectivity index (χ4n) is 1.63. The molecular formula is C12H16N2O6S. The zero-order valence-corrected chi connectivity index (χ0v) is 12.3. The standard InChI is InChI=1S/C12H16N2O6S/c1-7-3-4-9(20-2)10(5-7)21(18,19)14-8(12(16)17)6-11(13)15/h3-5,8,14H,6H2,1-2H3,(H2,13,15)(H,16,17)/t8-/m0/s1. The van der Waals surface area contributed by atoms with Crippen LogP contribution in [0.2, 0.25) is 0 Å². The van der Waals surface area contributed by atoms with Gasteiger partial charge in [-0.3, -0.25) is 9.59 Å². The quantitative estimate of drug-likeness (QED) is 0.627. The number of amides is 1. The summed E-state index contributed by atoms with van der Waals surface area (Å²) in [6, 6.07) is 2.80. The van der Waals surface area contributed by atoms with Crippen molar-refractivity contribution in [1.29, 1.82) is 0 Å². The van der Waals surface area contributed by atoms with Crippen molar-refractivity contribution in [2.24, 2.45) is 5.73 Å². The van der Waals surface area contributed by atoms with Gasteiger partial charge in [-0.1, -0.05) is 6.07 Å². The van der Waals surface area contributed by atoms with Crippen LogP contribution in [0, 0.1) is 6.92 Å². The Morgan fingerprint density at radius 3 is 2.52 bits per heavy atom. The van der Waals surface area contributed by atoms with Gasteiger partial charge in [-0.25, -0.2) is 8.42 Å². The average molecular weight is 316 g/mol. The monoisotopic (exact) mass is 316 g/mol. The number of nitrogens with two attached hydrogens (primary N) is 1. The molecule has 116 valence electrons. The number of aryl methyl sites for hydroxylation is 1. The first-order chi connectivity index (χ1) is 9.67. The van der Waals surface area contributed by atoms with Crippen molar-refractivity contribution in [1.82, 2.24) is 4.72 Å². The number of sulfonamides is 1. The van der Waals surface area contributed by atoms with Gasteiger partial charge in [0.25, 0.3) is 0 Å². The van der Waals surface area contributed by atoms with E-state index in [1.54, 1.807) is 13.0 Å². The molecule has 1 rings (SSSR count). The molecule has 1 aromatic rings. The number of ether oxygens (including phenoxy) is 1. The van der Waals surface area contributed by atoms with Crippen molar-refractivity contribution in [2.45, 2.75) is 24.3 Å². The van der Waals surface area contributed by atoms with Crippen molar-refractivity contribution in [3.63, 3.8) is 0 Å². The molecular weight excluding hydrogens is 300 g/mol. The number of rotatable bonds is 7. The summed E-state index contributed by atoms with van der Waals surface area (Å²) in [5.41, 5.74) is 5.56. The number of methoxy groups -OCH3 is 1. The molecule has 0 unspecified atom stereocenters. The summed E-state index contributed by atoms with van der Waals surface area (Å²) in [4.78, 5) is 21.6. The Labute approximate surface area is 122 Å². The van der Waals surface area contributed by atoms with E-state index in [9.17, 15) is 18.0 Å². The first-order valence-corrected chi connectivity index (χ1v) is 7.33. The number of hydrogen-bond donors (Lipinski definition) is 3. The number of carboxylic acid groups (broad SMARTS) is 1. The maximum absolute atomic E-state index is 12.3. The molecule has 1 aromatic carbocycles. The highest BCUT2D eigenvalue weighted by atomic mass is 32.2. The van der Waals surface area contributed by atoms with Crippen LogP contribution in [0.25, 0.3) is 0 Å².